The standard InChI is InChI=1S/C12H20OSi/c1-4-5-11-14(2,3)13-12-9-7-6-8-10-12/h6-10H,4-5,11H2,1-3H3. The van der Waals surface area contributed by atoms with Gasteiger partial charge in [0.25, 0.3) is 0 Å². The molecule has 14 heavy (non-hydrogen) atoms. The van der Waals surface area contributed by atoms with Crippen molar-refractivity contribution in [2.75, 3.05) is 0 Å². The van der Waals surface area contributed by atoms with Crippen molar-refractivity contribution >= 4 is 8.32 Å². The van der Waals surface area contributed by atoms with Gasteiger partial charge in [0.2, 0.25) is 8.32 Å². The molecule has 1 aromatic rings. The molecule has 0 N–H and O–H groups in total. The Labute approximate surface area is 88.2 Å². The van der Waals surface area contributed by atoms with Crippen LogP contribution < -0.4 is 4.43 Å². The maximum Gasteiger partial charge on any atom is 0.245 e. The van der Waals surface area contributed by atoms with Crippen molar-refractivity contribution in [3.8, 4) is 5.75 Å². The first-order chi connectivity index (χ1) is 6.64. The van der Waals surface area contributed by atoms with E-state index in [-0.39, 0.29) is 0 Å². The first-order valence-electron chi connectivity index (χ1n) is 5.38. The lowest BCUT2D eigenvalue weighted by Crippen LogP contribution is -2.33. The van der Waals surface area contributed by atoms with E-state index < -0.39 is 8.32 Å². The summed E-state index contributed by atoms with van der Waals surface area (Å²) < 4.78 is 6.04. The summed E-state index contributed by atoms with van der Waals surface area (Å²) in [6, 6.07) is 11.4. The topological polar surface area (TPSA) is 9.23 Å². The lowest BCUT2D eigenvalue weighted by Gasteiger charge is -2.23. The molecule has 0 spiro atoms. The van der Waals surface area contributed by atoms with Crippen molar-refractivity contribution in [1.29, 1.82) is 0 Å². The van der Waals surface area contributed by atoms with E-state index in [9.17, 15) is 0 Å². The van der Waals surface area contributed by atoms with Gasteiger partial charge >= 0.3 is 0 Å². The normalized spacial score (nSPS) is 11.4. The average molecular weight is 208 g/mol. The molecule has 0 aliphatic heterocycles. The molecule has 0 atom stereocenters. The van der Waals surface area contributed by atoms with Crippen LogP contribution in [0.5, 0.6) is 5.75 Å². The zero-order valence-corrected chi connectivity index (χ0v) is 10.4. The molecule has 0 fully saturated rings. The van der Waals surface area contributed by atoms with Crippen molar-refractivity contribution in [3.05, 3.63) is 30.3 Å². The van der Waals surface area contributed by atoms with Gasteiger partial charge in [0.15, 0.2) is 0 Å². The summed E-state index contributed by atoms with van der Waals surface area (Å²) in [5, 5.41) is 0. The first-order valence-corrected chi connectivity index (χ1v) is 8.49. The highest BCUT2D eigenvalue weighted by Crippen LogP contribution is 2.19. The van der Waals surface area contributed by atoms with Gasteiger partial charge < -0.3 is 4.43 Å². The van der Waals surface area contributed by atoms with Gasteiger partial charge in [0.05, 0.1) is 0 Å². The summed E-state index contributed by atoms with van der Waals surface area (Å²) >= 11 is 0. The number of hydrogen-bond donors (Lipinski definition) is 0. The quantitative estimate of drug-likeness (QED) is 0.663. The largest absolute Gasteiger partial charge is 0.544 e. The number of unbranched alkanes of at least 4 members (excludes halogenated alkanes) is 1. The molecular weight excluding hydrogens is 188 g/mol. The lowest BCUT2D eigenvalue weighted by atomic mass is 10.3. The Morgan fingerprint density at radius 2 is 1.79 bits per heavy atom. The van der Waals surface area contributed by atoms with E-state index in [1.807, 2.05) is 30.3 Å². The van der Waals surface area contributed by atoms with Gasteiger partial charge in [-0.25, -0.2) is 0 Å². The van der Waals surface area contributed by atoms with Gasteiger partial charge in [0.1, 0.15) is 5.75 Å². The second kappa shape index (κ2) is 5.20. The van der Waals surface area contributed by atoms with Crippen molar-refractivity contribution in [1.82, 2.24) is 0 Å². The minimum Gasteiger partial charge on any atom is -0.544 e. The van der Waals surface area contributed by atoms with E-state index in [2.05, 4.69) is 20.0 Å². The number of benzene rings is 1. The molecule has 1 rings (SSSR count). The molecule has 0 amide bonds. The molecule has 0 aliphatic rings. The minimum atomic E-state index is -1.47. The first kappa shape index (κ1) is 11.3. The maximum atomic E-state index is 6.04. The van der Waals surface area contributed by atoms with Gasteiger partial charge in [-0.1, -0.05) is 38.0 Å². The van der Waals surface area contributed by atoms with Crippen LogP contribution >= 0.6 is 0 Å². The Balaban J connectivity index is 2.50. The van der Waals surface area contributed by atoms with Crippen LogP contribution in [0.3, 0.4) is 0 Å². The molecule has 78 valence electrons. The molecule has 0 unspecified atom stereocenters. The van der Waals surface area contributed by atoms with Crippen molar-refractivity contribution in [2.24, 2.45) is 0 Å². The average Bonchev–Trinajstić information content (AvgIpc) is 2.16. The molecule has 2 heteroatoms. The van der Waals surface area contributed by atoms with E-state index >= 15 is 0 Å². The highest BCUT2D eigenvalue weighted by Gasteiger charge is 2.23. The van der Waals surface area contributed by atoms with Gasteiger partial charge in [-0.2, -0.15) is 0 Å². The van der Waals surface area contributed by atoms with E-state index in [0.29, 0.717) is 0 Å². The Hall–Kier alpha value is -0.763. The summed E-state index contributed by atoms with van der Waals surface area (Å²) in [4.78, 5) is 0. The Kier molecular flexibility index (Phi) is 4.20. The monoisotopic (exact) mass is 208 g/mol. The molecule has 0 aliphatic carbocycles. The molecule has 1 aromatic carbocycles. The summed E-state index contributed by atoms with van der Waals surface area (Å²) in [5.74, 6) is 1.03. The van der Waals surface area contributed by atoms with Gasteiger partial charge in [-0.05, 0) is 31.3 Å². The Morgan fingerprint density at radius 3 is 2.36 bits per heavy atom. The second-order valence-corrected chi connectivity index (χ2v) is 8.50. The zero-order valence-electron chi connectivity index (χ0n) is 9.42. The molecule has 0 radical (unpaired) electrons. The number of rotatable bonds is 5. The Bertz CT molecular complexity index is 256. The third-order valence-corrected chi connectivity index (χ3v) is 4.62. The van der Waals surface area contributed by atoms with Gasteiger partial charge in [-0.15, -0.1) is 0 Å². The molecule has 0 saturated carbocycles. The van der Waals surface area contributed by atoms with E-state index in [1.54, 1.807) is 0 Å². The molecule has 0 aromatic heterocycles. The van der Waals surface area contributed by atoms with Crippen LogP contribution in [0.15, 0.2) is 30.3 Å². The fraction of sp³-hybridized carbons (Fsp3) is 0.500. The van der Waals surface area contributed by atoms with Crippen LogP contribution in [0.4, 0.5) is 0 Å². The second-order valence-electron chi connectivity index (χ2n) is 4.28. The van der Waals surface area contributed by atoms with E-state index in [4.69, 9.17) is 4.43 Å². The smallest absolute Gasteiger partial charge is 0.245 e. The third-order valence-electron chi connectivity index (χ3n) is 2.27. The van der Waals surface area contributed by atoms with Crippen molar-refractivity contribution < 1.29 is 4.43 Å². The van der Waals surface area contributed by atoms with Gasteiger partial charge in [-0.3, -0.25) is 0 Å². The predicted molar refractivity (Wildman–Crippen MR) is 64.3 cm³/mol. The third kappa shape index (κ3) is 3.96. The number of para-hydroxylation sites is 1. The summed E-state index contributed by atoms with van der Waals surface area (Å²) in [6.07, 6.45) is 2.54. The predicted octanol–water partition coefficient (Wildman–Crippen LogP) is 4.07. The van der Waals surface area contributed by atoms with Crippen LogP contribution in [0.2, 0.25) is 19.1 Å². The highest BCUT2D eigenvalue weighted by molar-refractivity contribution is 6.71. The van der Waals surface area contributed by atoms with Crippen LogP contribution in [0.25, 0.3) is 0 Å². The van der Waals surface area contributed by atoms with Crippen molar-refractivity contribution in [3.63, 3.8) is 0 Å². The van der Waals surface area contributed by atoms with E-state index in [0.717, 1.165) is 5.75 Å². The Morgan fingerprint density at radius 1 is 1.14 bits per heavy atom. The lowest BCUT2D eigenvalue weighted by molar-refractivity contribution is 0.542. The summed E-state index contributed by atoms with van der Waals surface area (Å²) in [5.41, 5.74) is 0. The summed E-state index contributed by atoms with van der Waals surface area (Å²) in [6.45, 7) is 6.80. The number of hydrogen-bond acceptors (Lipinski definition) is 1. The van der Waals surface area contributed by atoms with Crippen LogP contribution in [-0.2, 0) is 0 Å². The maximum absolute atomic E-state index is 6.04. The zero-order chi connectivity index (χ0) is 10.4. The van der Waals surface area contributed by atoms with Crippen LogP contribution in [0.1, 0.15) is 19.8 Å². The molecule has 0 saturated heterocycles. The fourth-order valence-corrected chi connectivity index (χ4v) is 3.54. The highest BCUT2D eigenvalue weighted by atomic mass is 28.4. The van der Waals surface area contributed by atoms with Crippen molar-refractivity contribution in [2.45, 2.75) is 38.9 Å². The molecule has 0 bridgehead atoms. The van der Waals surface area contributed by atoms with Crippen LogP contribution in [0, 0.1) is 0 Å². The van der Waals surface area contributed by atoms with Gasteiger partial charge in [0, 0.05) is 0 Å². The SMILES string of the molecule is CCCC[Si](C)(C)Oc1ccccc1. The summed E-state index contributed by atoms with van der Waals surface area (Å²) in [7, 11) is -1.47. The van der Waals surface area contributed by atoms with Crippen LogP contribution in [-0.4, -0.2) is 8.32 Å². The molecule has 0 heterocycles. The minimum absolute atomic E-state index is 1.03. The molecular formula is C12H20OSi. The molecule has 1 nitrogen and oxygen atoms in total. The fourth-order valence-electron chi connectivity index (χ4n) is 1.46. The van der Waals surface area contributed by atoms with E-state index in [1.165, 1.54) is 18.9 Å².